The molecule has 0 aromatic carbocycles. The predicted octanol–water partition coefficient (Wildman–Crippen LogP) is -4.40. The van der Waals surface area contributed by atoms with Crippen molar-refractivity contribution in [2.75, 3.05) is 178 Å². The highest BCUT2D eigenvalue weighted by molar-refractivity contribution is 5.76. The van der Waals surface area contributed by atoms with E-state index < -0.39 is 97.8 Å². The van der Waals surface area contributed by atoms with Crippen molar-refractivity contribution in [3.8, 4) is 0 Å². The van der Waals surface area contributed by atoms with E-state index in [0.29, 0.717) is 26.2 Å². The molecule has 3 rings (SSSR count). The van der Waals surface area contributed by atoms with Crippen molar-refractivity contribution in [1.29, 1.82) is 0 Å². The molecule has 2 aliphatic heterocycles. The van der Waals surface area contributed by atoms with Gasteiger partial charge in [0.1, 0.15) is 24.4 Å². The molecule has 488 valence electrons. The molecule has 1 saturated carbocycles. The second-order valence-corrected chi connectivity index (χ2v) is 21.2. The molecule has 15 atom stereocenters. The van der Waals surface area contributed by atoms with Crippen molar-refractivity contribution in [1.82, 2.24) is 16.0 Å². The molecule has 83 heavy (non-hydrogen) atoms. The van der Waals surface area contributed by atoms with Gasteiger partial charge in [-0.25, -0.2) is 0 Å². The summed E-state index contributed by atoms with van der Waals surface area (Å²) < 4.78 is 79.0. The maximum atomic E-state index is 12.5. The first-order valence-electron chi connectivity index (χ1n) is 29.0. The molecule has 0 bridgehead atoms. The van der Waals surface area contributed by atoms with Crippen LogP contribution in [0.15, 0.2) is 0 Å². The van der Waals surface area contributed by atoms with Crippen LogP contribution in [0.2, 0.25) is 0 Å². The first-order valence-corrected chi connectivity index (χ1v) is 29.0. The van der Waals surface area contributed by atoms with Crippen molar-refractivity contribution in [2.45, 2.75) is 121 Å². The fourth-order valence-corrected chi connectivity index (χ4v) is 8.99. The Kier molecular flexibility index (Phi) is 39.6. The van der Waals surface area contributed by atoms with Gasteiger partial charge in [0, 0.05) is 74.6 Å². The Morgan fingerprint density at radius 3 is 1.08 bits per heavy atom. The molecular weight excluding hydrogens is 1110 g/mol. The summed E-state index contributed by atoms with van der Waals surface area (Å²) in [5.74, 6) is -2.46. The van der Waals surface area contributed by atoms with Gasteiger partial charge in [0.2, 0.25) is 17.7 Å². The standard InChI is InChI=1S/C54H101N3O26/c1-36-40(29-39(30-58)49(67)46(36)64)79-26-23-73-20-17-70-14-8-55-43(61)5-11-76-33-54(4,34-77-12-6-44(62)56-9-15-71-18-21-74-24-27-80-52-37(2)47(65)50(68)41(31-59)82-52)35-78-13-7-45(63)57-10-16-72-19-22-75-25-28-81-53-38(3)48(66)51(69)42(32-60)83-53/h36-42,46-53,58-60,64-69H,5-35H2,1-4H3,(H,55,61)(H,56,62)(H,57,63). The number of aliphatic hydroxyl groups excluding tert-OH is 9. The van der Waals surface area contributed by atoms with E-state index in [1.165, 1.54) is 0 Å². The summed E-state index contributed by atoms with van der Waals surface area (Å²) in [4.78, 5) is 37.6. The summed E-state index contributed by atoms with van der Waals surface area (Å²) in [5.41, 5.74) is -0.715. The minimum Gasteiger partial charge on any atom is -0.396 e. The number of nitrogens with one attached hydrogen (secondary N) is 3. The lowest BCUT2D eigenvalue weighted by Crippen LogP contribution is -2.55. The molecular formula is C54H101N3O26. The molecule has 0 spiro atoms. The molecule has 29 heteroatoms. The molecule has 15 unspecified atom stereocenters. The summed E-state index contributed by atoms with van der Waals surface area (Å²) >= 11 is 0. The Morgan fingerprint density at radius 1 is 0.410 bits per heavy atom. The molecule has 0 aromatic rings. The molecule has 12 N–H and O–H groups in total. The second kappa shape index (κ2) is 44.0. The number of aliphatic hydroxyl groups is 9. The van der Waals surface area contributed by atoms with E-state index >= 15 is 0 Å². The third-order valence-electron chi connectivity index (χ3n) is 14.3. The zero-order valence-corrected chi connectivity index (χ0v) is 49.0. The van der Waals surface area contributed by atoms with E-state index in [0.717, 1.165) is 0 Å². The maximum Gasteiger partial charge on any atom is 0.222 e. The van der Waals surface area contributed by atoms with Crippen LogP contribution in [0, 0.1) is 29.1 Å². The van der Waals surface area contributed by atoms with Crippen molar-refractivity contribution < 1.29 is 127 Å². The van der Waals surface area contributed by atoms with Crippen molar-refractivity contribution >= 4 is 17.7 Å². The van der Waals surface area contributed by atoms with Gasteiger partial charge >= 0.3 is 0 Å². The summed E-state index contributed by atoms with van der Waals surface area (Å²) in [6.45, 7) is 11.2. The van der Waals surface area contributed by atoms with Gasteiger partial charge in [-0.15, -0.1) is 0 Å². The summed E-state index contributed by atoms with van der Waals surface area (Å²) in [5, 5.41) is 97.2. The molecule has 2 heterocycles. The SMILES string of the molecule is CC1C(OCCOCCOCCNC(=O)CCOCC(C)(COCCC(=O)NCCOCCOCCOC2OC(CO)C(O)C(O)C2C)COCCC(=O)NCCOCCOCCOC2OC(CO)C(O)C(O)C2C)CC(CO)C(O)C1O. The van der Waals surface area contributed by atoms with E-state index in [-0.39, 0.29) is 194 Å². The Morgan fingerprint density at radius 2 is 0.735 bits per heavy atom. The first-order chi connectivity index (χ1) is 40.0. The monoisotopic (exact) mass is 1210 g/mol. The van der Waals surface area contributed by atoms with Crippen LogP contribution >= 0.6 is 0 Å². The van der Waals surface area contributed by atoms with Crippen LogP contribution in [-0.4, -0.2) is 309 Å². The van der Waals surface area contributed by atoms with Gasteiger partial charge in [-0.2, -0.15) is 0 Å². The lowest BCUT2D eigenvalue weighted by molar-refractivity contribution is -0.284. The Labute approximate surface area is 487 Å². The quantitative estimate of drug-likeness (QED) is 0.0256. The fraction of sp³-hybridized carbons (Fsp3) is 0.944. The third kappa shape index (κ3) is 29.8. The topological polar surface area (TPSA) is 399 Å². The summed E-state index contributed by atoms with van der Waals surface area (Å²) in [7, 11) is 0. The van der Waals surface area contributed by atoms with Crippen LogP contribution in [-0.2, 0) is 80.7 Å². The van der Waals surface area contributed by atoms with Crippen LogP contribution < -0.4 is 16.0 Å². The number of amides is 3. The number of rotatable bonds is 48. The maximum absolute atomic E-state index is 12.5. The van der Waals surface area contributed by atoms with E-state index in [1.54, 1.807) is 20.8 Å². The van der Waals surface area contributed by atoms with Crippen molar-refractivity contribution in [3.63, 3.8) is 0 Å². The van der Waals surface area contributed by atoms with Crippen LogP contribution in [0.4, 0.5) is 0 Å². The molecule has 0 radical (unpaired) electrons. The van der Waals surface area contributed by atoms with Gasteiger partial charge in [-0.1, -0.05) is 27.7 Å². The third-order valence-corrected chi connectivity index (χ3v) is 14.3. The number of hydrogen-bond acceptors (Lipinski definition) is 26. The normalized spacial score (nSPS) is 29.1. The molecule has 3 aliphatic rings. The zero-order valence-electron chi connectivity index (χ0n) is 49.0. The summed E-state index contributed by atoms with van der Waals surface area (Å²) in [6.07, 6.45) is -9.68. The van der Waals surface area contributed by atoms with Crippen LogP contribution in [0.25, 0.3) is 0 Å². The molecule has 3 amide bonds. The molecule has 0 aromatic heterocycles. The molecule has 29 nitrogen and oxygen atoms in total. The number of hydrogen-bond donors (Lipinski definition) is 12. The van der Waals surface area contributed by atoms with Crippen LogP contribution in [0.1, 0.15) is 53.4 Å². The van der Waals surface area contributed by atoms with E-state index in [9.17, 15) is 60.3 Å². The lowest BCUT2D eigenvalue weighted by atomic mass is 9.77. The Balaban J connectivity index is 1.26. The van der Waals surface area contributed by atoms with Gasteiger partial charge in [0.05, 0.1) is 182 Å². The second-order valence-electron chi connectivity index (χ2n) is 21.2. The first kappa shape index (κ1) is 74.7. The van der Waals surface area contributed by atoms with Crippen LogP contribution in [0.3, 0.4) is 0 Å². The summed E-state index contributed by atoms with van der Waals surface area (Å²) in [6, 6.07) is 0. The van der Waals surface area contributed by atoms with Crippen LogP contribution in [0.5, 0.6) is 0 Å². The average molecular weight is 1210 g/mol. The predicted molar refractivity (Wildman–Crippen MR) is 290 cm³/mol. The molecule has 1 aliphatic carbocycles. The highest BCUT2D eigenvalue weighted by atomic mass is 16.7. The van der Waals surface area contributed by atoms with Gasteiger partial charge in [-0.05, 0) is 6.42 Å². The Hall–Kier alpha value is -2.51. The van der Waals surface area contributed by atoms with Gasteiger partial charge in [0.25, 0.3) is 0 Å². The number of carbonyl (C=O) groups is 3. The highest BCUT2D eigenvalue weighted by Crippen LogP contribution is 2.32. The van der Waals surface area contributed by atoms with E-state index in [2.05, 4.69) is 16.0 Å². The van der Waals surface area contributed by atoms with Crippen molar-refractivity contribution in [2.24, 2.45) is 29.1 Å². The van der Waals surface area contributed by atoms with E-state index in [4.69, 9.17) is 66.3 Å². The number of carbonyl (C=O) groups excluding carboxylic acids is 3. The minimum absolute atomic E-state index is 0.0749. The van der Waals surface area contributed by atoms with Crippen molar-refractivity contribution in [3.05, 3.63) is 0 Å². The average Bonchev–Trinajstić information content (AvgIpc) is 3.53. The zero-order chi connectivity index (χ0) is 60.8. The molecule has 2 saturated heterocycles. The van der Waals surface area contributed by atoms with Gasteiger partial charge < -0.3 is 128 Å². The Bertz CT molecular complexity index is 1500. The van der Waals surface area contributed by atoms with Gasteiger partial charge in [0.15, 0.2) is 12.6 Å². The highest BCUT2D eigenvalue weighted by Gasteiger charge is 2.44. The minimum atomic E-state index is -1.20. The number of ether oxygens (including phenoxy) is 14. The largest absolute Gasteiger partial charge is 0.396 e. The smallest absolute Gasteiger partial charge is 0.222 e. The van der Waals surface area contributed by atoms with E-state index in [1.807, 2.05) is 6.92 Å². The fourth-order valence-electron chi connectivity index (χ4n) is 8.99. The lowest BCUT2D eigenvalue weighted by Gasteiger charge is -2.40. The van der Waals surface area contributed by atoms with Gasteiger partial charge in [-0.3, -0.25) is 14.4 Å². The molecule has 3 fully saturated rings.